The second-order valence-electron chi connectivity index (χ2n) is 9.51. The van der Waals surface area contributed by atoms with E-state index in [-0.39, 0.29) is 17.6 Å². The molecule has 2 aromatic heterocycles. The van der Waals surface area contributed by atoms with Crippen LogP contribution in [0.15, 0.2) is 40.9 Å². The molecule has 0 radical (unpaired) electrons. The Morgan fingerprint density at radius 2 is 1.74 bits per heavy atom. The third-order valence-electron chi connectivity index (χ3n) is 6.90. The number of carbonyl (C=O) groups excluding carboxylic acids is 3. The predicted molar refractivity (Wildman–Crippen MR) is 145 cm³/mol. The molecule has 0 unspecified atom stereocenters. The Morgan fingerprint density at radius 1 is 1.03 bits per heavy atom. The summed E-state index contributed by atoms with van der Waals surface area (Å²) in [6, 6.07) is 10.5. The smallest absolute Gasteiger partial charge is 0.412 e. The molecule has 10 nitrogen and oxygen atoms in total. The molecular formula is C28H31ClN4O6. The average molecular weight is 555 g/mol. The number of ether oxygens (including phenoxy) is 2. The number of halogens is 1. The second kappa shape index (κ2) is 12.3. The largest absolute Gasteiger partial charge is 0.469 e. The molecule has 206 valence electrons. The van der Waals surface area contributed by atoms with Crippen molar-refractivity contribution in [2.24, 2.45) is 11.8 Å². The molecular weight excluding hydrogens is 524 g/mol. The molecule has 0 aliphatic heterocycles. The Kier molecular flexibility index (Phi) is 8.86. The fourth-order valence-corrected chi connectivity index (χ4v) is 5.06. The number of hydrogen-bond acceptors (Lipinski definition) is 8. The van der Waals surface area contributed by atoms with Crippen LogP contribution in [0.25, 0.3) is 11.5 Å². The highest BCUT2D eigenvalue weighted by atomic mass is 35.5. The van der Waals surface area contributed by atoms with Gasteiger partial charge in [-0.1, -0.05) is 47.8 Å². The lowest BCUT2D eigenvalue weighted by atomic mass is 9.78. The van der Waals surface area contributed by atoms with Crippen molar-refractivity contribution < 1.29 is 28.4 Å². The van der Waals surface area contributed by atoms with Gasteiger partial charge in [0, 0.05) is 10.6 Å². The first-order valence-corrected chi connectivity index (χ1v) is 13.1. The van der Waals surface area contributed by atoms with Crippen LogP contribution < -0.4 is 10.6 Å². The Labute approximate surface area is 231 Å². The first-order valence-electron chi connectivity index (χ1n) is 12.7. The molecule has 3 atom stereocenters. The van der Waals surface area contributed by atoms with E-state index in [2.05, 4.69) is 20.8 Å². The van der Waals surface area contributed by atoms with Crippen molar-refractivity contribution in [3.8, 4) is 11.5 Å². The minimum atomic E-state index is -0.705. The molecule has 2 heterocycles. The van der Waals surface area contributed by atoms with Gasteiger partial charge in [0.1, 0.15) is 23.2 Å². The van der Waals surface area contributed by atoms with Crippen LogP contribution in [0.3, 0.4) is 0 Å². The molecule has 0 spiro atoms. The van der Waals surface area contributed by atoms with Crippen LogP contribution in [0.2, 0.25) is 5.02 Å². The van der Waals surface area contributed by atoms with E-state index >= 15 is 0 Å². The Balaban J connectivity index is 1.47. The summed E-state index contributed by atoms with van der Waals surface area (Å²) in [6.45, 7) is 5.15. The van der Waals surface area contributed by atoms with Gasteiger partial charge in [-0.05, 0) is 51.8 Å². The van der Waals surface area contributed by atoms with Crippen molar-refractivity contribution in [1.29, 1.82) is 0 Å². The van der Waals surface area contributed by atoms with E-state index in [1.165, 1.54) is 7.11 Å². The number of aromatic nitrogens is 2. The van der Waals surface area contributed by atoms with Crippen LogP contribution in [0.1, 0.15) is 55.7 Å². The number of carbonyl (C=O) groups is 3. The van der Waals surface area contributed by atoms with Gasteiger partial charge in [-0.2, -0.15) is 0 Å². The number of esters is 1. The fraction of sp³-hybridized carbons (Fsp3) is 0.393. The SMILES string of the molecule is COC(=O)[C@@H]1CCCC[C@H]1C(=O)Nc1ccc(-c2onc(C)c2NC(=O)O[C@H](C)c2ccccc2Cl)nc1C. The standard InChI is InChI=1S/C28H31ClN4O6/c1-15-22(31-26(34)19-10-5-6-11-20(19)27(35)37-4)13-14-23(30-15)25-24(16(2)33-39-25)32-28(36)38-17(3)18-9-7-8-12-21(18)29/h7-9,12-14,17,19-20H,5-6,10-11H2,1-4H3,(H,31,34)(H,32,36)/t17-,19-,20-/m1/s1. The fourth-order valence-electron chi connectivity index (χ4n) is 4.78. The number of methoxy groups -OCH3 is 1. The summed E-state index contributed by atoms with van der Waals surface area (Å²) in [7, 11) is 1.34. The number of amides is 2. The molecule has 11 heteroatoms. The van der Waals surface area contributed by atoms with Gasteiger partial charge in [0.25, 0.3) is 0 Å². The molecule has 2 amide bonds. The molecule has 3 aromatic rings. The Morgan fingerprint density at radius 3 is 2.44 bits per heavy atom. The van der Waals surface area contributed by atoms with E-state index < -0.39 is 24.0 Å². The number of nitrogens with zero attached hydrogens (tertiary/aromatic N) is 2. The third-order valence-corrected chi connectivity index (χ3v) is 7.24. The summed E-state index contributed by atoms with van der Waals surface area (Å²) in [5, 5.41) is 10.1. The number of aryl methyl sites for hydroxylation is 2. The summed E-state index contributed by atoms with van der Waals surface area (Å²) >= 11 is 6.21. The van der Waals surface area contributed by atoms with E-state index in [4.69, 9.17) is 25.6 Å². The minimum absolute atomic E-state index is 0.240. The van der Waals surface area contributed by atoms with Gasteiger partial charge in [0.05, 0.1) is 30.3 Å². The normalized spacial score (nSPS) is 17.7. The first-order chi connectivity index (χ1) is 18.7. The van der Waals surface area contributed by atoms with Crippen molar-refractivity contribution >= 4 is 40.9 Å². The second-order valence-corrected chi connectivity index (χ2v) is 9.91. The summed E-state index contributed by atoms with van der Waals surface area (Å²) in [4.78, 5) is 42.5. The van der Waals surface area contributed by atoms with Gasteiger partial charge in [-0.15, -0.1) is 0 Å². The van der Waals surface area contributed by atoms with Crippen LogP contribution in [-0.4, -0.2) is 35.2 Å². The van der Waals surface area contributed by atoms with Crippen LogP contribution in [0.5, 0.6) is 0 Å². The van der Waals surface area contributed by atoms with Crippen molar-refractivity contribution in [2.45, 2.75) is 52.6 Å². The predicted octanol–water partition coefficient (Wildman–Crippen LogP) is 6.23. The molecule has 1 aliphatic carbocycles. The highest BCUT2D eigenvalue weighted by molar-refractivity contribution is 6.31. The van der Waals surface area contributed by atoms with E-state index in [0.29, 0.717) is 51.9 Å². The van der Waals surface area contributed by atoms with Gasteiger partial charge in [-0.25, -0.2) is 9.78 Å². The molecule has 4 rings (SSSR count). The minimum Gasteiger partial charge on any atom is -0.469 e. The van der Waals surface area contributed by atoms with E-state index in [9.17, 15) is 14.4 Å². The number of nitrogens with one attached hydrogen (secondary N) is 2. The molecule has 2 N–H and O–H groups in total. The zero-order valence-electron chi connectivity index (χ0n) is 22.2. The number of pyridine rings is 1. The maximum absolute atomic E-state index is 13.1. The number of hydrogen-bond donors (Lipinski definition) is 2. The monoisotopic (exact) mass is 554 g/mol. The van der Waals surface area contributed by atoms with Crippen molar-refractivity contribution in [3.05, 3.63) is 58.4 Å². The highest BCUT2D eigenvalue weighted by Gasteiger charge is 2.36. The summed E-state index contributed by atoms with van der Waals surface area (Å²) in [5.41, 5.74) is 2.88. The average Bonchev–Trinajstić information content (AvgIpc) is 3.28. The van der Waals surface area contributed by atoms with Crippen LogP contribution >= 0.6 is 11.6 Å². The Bertz CT molecular complexity index is 1370. The maximum atomic E-state index is 13.1. The van der Waals surface area contributed by atoms with Crippen molar-refractivity contribution in [1.82, 2.24) is 10.1 Å². The van der Waals surface area contributed by atoms with E-state index in [1.54, 1.807) is 51.1 Å². The summed E-state index contributed by atoms with van der Waals surface area (Å²) < 4.78 is 15.9. The van der Waals surface area contributed by atoms with Gasteiger partial charge >= 0.3 is 12.1 Å². The lowest BCUT2D eigenvalue weighted by Gasteiger charge is -2.28. The molecule has 0 saturated heterocycles. The Hall–Kier alpha value is -3.92. The molecule has 1 fully saturated rings. The molecule has 0 bridgehead atoms. The first kappa shape index (κ1) is 28.1. The van der Waals surface area contributed by atoms with Crippen molar-refractivity contribution in [2.75, 3.05) is 17.7 Å². The topological polar surface area (TPSA) is 133 Å². The van der Waals surface area contributed by atoms with Gasteiger partial charge < -0.3 is 19.3 Å². The molecule has 1 aliphatic rings. The molecule has 1 saturated carbocycles. The summed E-state index contributed by atoms with van der Waals surface area (Å²) in [5.74, 6) is -1.27. The molecule has 1 aromatic carbocycles. The zero-order chi connectivity index (χ0) is 28.1. The third kappa shape index (κ3) is 6.39. The van der Waals surface area contributed by atoms with Gasteiger partial charge in [-0.3, -0.25) is 14.9 Å². The molecule has 39 heavy (non-hydrogen) atoms. The van der Waals surface area contributed by atoms with Gasteiger partial charge in [0.15, 0.2) is 0 Å². The number of anilines is 2. The maximum Gasteiger partial charge on any atom is 0.412 e. The van der Waals surface area contributed by atoms with Gasteiger partial charge in [0.2, 0.25) is 11.7 Å². The highest BCUT2D eigenvalue weighted by Crippen LogP contribution is 2.34. The van der Waals surface area contributed by atoms with Crippen LogP contribution in [0.4, 0.5) is 16.2 Å². The van der Waals surface area contributed by atoms with E-state index in [1.807, 2.05) is 6.07 Å². The lowest BCUT2D eigenvalue weighted by Crippen LogP contribution is -2.36. The quantitative estimate of drug-likeness (QED) is 0.328. The van der Waals surface area contributed by atoms with E-state index in [0.717, 1.165) is 12.8 Å². The zero-order valence-corrected chi connectivity index (χ0v) is 23.0. The van der Waals surface area contributed by atoms with Crippen molar-refractivity contribution in [3.63, 3.8) is 0 Å². The number of rotatable bonds is 7. The lowest BCUT2D eigenvalue weighted by molar-refractivity contribution is -0.151. The van der Waals surface area contributed by atoms with Crippen LogP contribution in [0, 0.1) is 25.7 Å². The number of benzene rings is 1. The summed E-state index contributed by atoms with van der Waals surface area (Å²) in [6.07, 6.45) is 1.71. The van der Waals surface area contributed by atoms with Crippen LogP contribution in [-0.2, 0) is 19.1 Å².